The van der Waals surface area contributed by atoms with Crippen molar-refractivity contribution in [2.75, 3.05) is 20.4 Å². The van der Waals surface area contributed by atoms with Crippen LogP contribution in [0.15, 0.2) is 41.3 Å². The first-order valence-electron chi connectivity index (χ1n) is 9.06. The van der Waals surface area contributed by atoms with Crippen molar-refractivity contribution in [1.29, 1.82) is 0 Å². The minimum absolute atomic E-state index is 0.0662. The first kappa shape index (κ1) is 24.4. The third-order valence-corrected chi connectivity index (χ3v) is 4.66. The Bertz CT molecular complexity index is 526. The molecule has 6 N–H and O–H groups in total. The van der Waals surface area contributed by atoms with Crippen LogP contribution in [0.4, 0.5) is 0 Å². The van der Waals surface area contributed by atoms with E-state index < -0.39 is 5.41 Å². The molecule has 0 amide bonds. The second-order valence-corrected chi connectivity index (χ2v) is 7.14. The highest BCUT2D eigenvalue weighted by molar-refractivity contribution is 6.02. The summed E-state index contributed by atoms with van der Waals surface area (Å²) < 4.78 is 11.2. The molecule has 0 fully saturated rings. The van der Waals surface area contributed by atoms with Gasteiger partial charge in [-0.1, -0.05) is 38.2 Å². The molecule has 0 rings (SSSR count). The van der Waals surface area contributed by atoms with E-state index in [0.29, 0.717) is 18.2 Å². The molecule has 3 atom stereocenters. The van der Waals surface area contributed by atoms with Crippen molar-refractivity contribution in [3.63, 3.8) is 0 Å². The molecule has 26 heavy (non-hydrogen) atoms. The smallest absolute Gasteiger partial charge is 0.185 e. The van der Waals surface area contributed by atoms with Crippen molar-refractivity contribution in [2.24, 2.45) is 33.5 Å². The first-order chi connectivity index (χ1) is 12.1. The summed E-state index contributed by atoms with van der Waals surface area (Å²) >= 11 is 0. The van der Waals surface area contributed by atoms with Crippen LogP contribution in [0.2, 0.25) is 0 Å². The Labute approximate surface area is 159 Å². The van der Waals surface area contributed by atoms with E-state index in [1.54, 1.807) is 19.3 Å². The molecule has 6 nitrogen and oxygen atoms in total. The molecule has 0 aromatic rings. The molecular weight excluding hydrogens is 328 g/mol. The Hall–Kier alpha value is -1.63. The van der Waals surface area contributed by atoms with E-state index in [1.807, 2.05) is 26.8 Å². The van der Waals surface area contributed by atoms with E-state index in [9.17, 15) is 0 Å². The molecule has 0 heterocycles. The molecule has 0 saturated heterocycles. The molecule has 0 aliphatic heterocycles. The van der Waals surface area contributed by atoms with Gasteiger partial charge in [-0.15, -0.1) is 0 Å². The summed E-state index contributed by atoms with van der Waals surface area (Å²) in [7, 11) is 1.67. The highest BCUT2D eigenvalue weighted by atomic mass is 16.5. The van der Waals surface area contributed by atoms with Crippen LogP contribution in [-0.4, -0.2) is 38.2 Å². The Balaban J connectivity index is 5.62. The quantitative estimate of drug-likeness (QED) is 0.279. The van der Waals surface area contributed by atoms with E-state index in [2.05, 4.69) is 25.4 Å². The summed E-state index contributed by atoms with van der Waals surface area (Å²) in [5.74, 6) is 0.767. The van der Waals surface area contributed by atoms with Crippen LogP contribution in [0.25, 0.3) is 0 Å². The number of methoxy groups -OCH3 is 1. The average Bonchev–Trinajstić information content (AvgIpc) is 2.57. The van der Waals surface area contributed by atoms with Crippen molar-refractivity contribution in [3.8, 4) is 0 Å². The lowest BCUT2D eigenvalue weighted by molar-refractivity contribution is 0.0633. The average molecular weight is 367 g/mol. The van der Waals surface area contributed by atoms with Gasteiger partial charge < -0.3 is 26.7 Å². The molecule has 0 saturated carbocycles. The SMILES string of the molecule is C=C/C=C(/C)C(C)(C(/C=C(\N)OC[C@H](N)CC(C)C)=NCN)C(C)OC. The van der Waals surface area contributed by atoms with Gasteiger partial charge in [-0.05, 0) is 33.1 Å². The van der Waals surface area contributed by atoms with Crippen molar-refractivity contribution in [3.05, 3.63) is 36.3 Å². The topological polar surface area (TPSA) is 109 Å². The molecular formula is C20H38N4O2. The Morgan fingerprint density at radius 2 is 1.92 bits per heavy atom. The Kier molecular flexibility index (Phi) is 11.1. The Morgan fingerprint density at radius 1 is 1.31 bits per heavy atom. The first-order valence-corrected chi connectivity index (χ1v) is 9.06. The predicted molar refractivity (Wildman–Crippen MR) is 111 cm³/mol. The molecule has 0 aromatic heterocycles. The van der Waals surface area contributed by atoms with E-state index in [0.717, 1.165) is 12.0 Å². The van der Waals surface area contributed by atoms with Gasteiger partial charge in [0.1, 0.15) is 6.61 Å². The predicted octanol–water partition coefficient (Wildman–Crippen LogP) is 2.71. The maximum absolute atomic E-state index is 6.08. The second kappa shape index (κ2) is 11.9. The molecule has 0 aliphatic carbocycles. The van der Waals surface area contributed by atoms with Crippen molar-refractivity contribution < 1.29 is 9.47 Å². The lowest BCUT2D eigenvalue weighted by Gasteiger charge is -2.36. The summed E-state index contributed by atoms with van der Waals surface area (Å²) in [5, 5.41) is 0. The van der Waals surface area contributed by atoms with E-state index >= 15 is 0 Å². The number of nitrogens with two attached hydrogens (primary N) is 3. The number of hydrogen-bond donors (Lipinski definition) is 3. The minimum atomic E-state index is -0.531. The van der Waals surface area contributed by atoms with Gasteiger partial charge >= 0.3 is 0 Å². The zero-order valence-electron chi connectivity index (χ0n) is 17.3. The van der Waals surface area contributed by atoms with E-state index in [-0.39, 0.29) is 24.7 Å². The molecule has 0 radical (unpaired) electrons. The number of nitrogens with zero attached hydrogens (tertiary/aromatic N) is 1. The number of allylic oxidation sites excluding steroid dienone is 3. The number of hydrogen-bond acceptors (Lipinski definition) is 6. The third-order valence-electron chi connectivity index (χ3n) is 4.66. The highest BCUT2D eigenvalue weighted by Gasteiger charge is 2.37. The van der Waals surface area contributed by atoms with Crippen LogP contribution in [-0.2, 0) is 9.47 Å². The van der Waals surface area contributed by atoms with Gasteiger partial charge in [-0.3, -0.25) is 4.99 Å². The molecule has 0 aromatic carbocycles. The van der Waals surface area contributed by atoms with Gasteiger partial charge in [0.2, 0.25) is 0 Å². The number of aliphatic imine (C=N–C) groups is 1. The monoisotopic (exact) mass is 366 g/mol. The lowest BCUT2D eigenvalue weighted by Crippen LogP contribution is -2.40. The van der Waals surface area contributed by atoms with E-state index in [1.165, 1.54) is 0 Å². The van der Waals surface area contributed by atoms with Crippen molar-refractivity contribution >= 4 is 5.71 Å². The summed E-state index contributed by atoms with van der Waals surface area (Å²) in [6.07, 6.45) is 6.10. The lowest BCUT2D eigenvalue weighted by atomic mass is 9.73. The van der Waals surface area contributed by atoms with Crippen molar-refractivity contribution in [2.45, 2.75) is 53.2 Å². The molecule has 0 spiro atoms. The molecule has 2 unspecified atom stereocenters. The second-order valence-electron chi connectivity index (χ2n) is 7.14. The fourth-order valence-corrected chi connectivity index (χ4v) is 2.83. The van der Waals surface area contributed by atoms with Gasteiger partial charge in [0.15, 0.2) is 5.88 Å². The summed E-state index contributed by atoms with van der Waals surface area (Å²) in [6, 6.07) is -0.0662. The van der Waals surface area contributed by atoms with Gasteiger partial charge in [0.25, 0.3) is 0 Å². The number of ether oxygens (including phenoxy) is 2. The van der Waals surface area contributed by atoms with Gasteiger partial charge in [0.05, 0.1) is 23.9 Å². The van der Waals surface area contributed by atoms with Crippen LogP contribution >= 0.6 is 0 Å². The van der Waals surface area contributed by atoms with Crippen molar-refractivity contribution in [1.82, 2.24) is 0 Å². The van der Waals surface area contributed by atoms with Crippen LogP contribution in [0.5, 0.6) is 0 Å². The summed E-state index contributed by atoms with van der Waals surface area (Å²) in [4.78, 5) is 4.46. The molecule has 0 aliphatic rings. The largest absolute Gasteiger partial charge is 0.478 e. The summed E-state index contributed by atoms with van der Waals surface area (Å²) in [5.41, 5.74) is 19.0. The van der Waals surface area contributed by atoms with E-state index in [4.69, 9.17) is 26.7 Å². The standard InChI is InChI=1S/C20H38N4O2/c1-8-9-15(4)20(6,16(5)25-7)18(24-13-21)11-19(23)26-12-17(22)10-14(2)3/h8-9,11,14,16-17H,1,10,12-13,21-23H2,2-7H3/b15-9-,19-11+,24-18?/t16?,17-,20?/m1/s1. The van der Waals surface area contributed by atoms with Gasteiger partial charge in [0, 0.05) is 19.2 Å². The normalized spacial score (nSPS) is 18.4. The molecule has 0 bridgehead atoms. The van der Waals surface area contributed by atoms with Crippen LogP contribution in [0, 0.1) is 11.3 Å². The Morgan fingerprint density at radius 3 is 2.38 bits per heavy atom. The zero-order chi connectivity index (χ0) is 20.3. The summed E-state index contributed by atoms with van der Waals surface area (Å²) in [6.45, 7) is 14.5. The van der Waals surface area contributed by atoms with Crippen LogP contribution in [0.3, 0.4) is 0 Å². The third kappa shape index (κ3) is 7.32. The molecule has 150 valence electrons. The minimum Gasteiger partial charge on any atom is -0.478 e. The van der Waals surface area contributed by atoms with Crippen LogP contribution in [0.1, 0.15) is 41.0 Å². The number of rotatable bonds is 12. The van der Waals surface area contributed by atoms with Gasteiger partial charge in [-0.2, -0.15) is 0 Å². The van der Waals surface area contributed by atoms with Crippen LogP contribution < -0.4 is 17.2 Å². The fraction of sp³-hybridized carbons (Fsp3) is 0.650. The highest BCUT2D eigenvalue weighted by Crippen LogP contribution is 2.35. The zero-order valence-corrected chi connectivity index (χ0v) is 17.3. The van der Waals surface area contributed by atoms with Gasteiger partial charge in [-0.25, -0.2) is 0 Å². The fourth-order valence-electron chi connectivity index (χ4n) is 2.83. The maximum atomic E-state index is 6.08. The maximum Gasteiger partial charge on any atom is 0.185 e. The molecule has 6 heteroatoms.